The molecule has 0 unspecified atom stereocenters. The molecule has 0 saturated carbocycles. The Balaban J connectivity index is 1.67. The van der Waals surface area contributed by atoms with Crippen LogP contribution in [0.2, 0.25) is 0 Å². The minimum atomic E-state index is -0.430. The molecule has 6 nitrogen and oxygen atoms in total. The maximum Gasteiger partial charge on any atom is 0.276 e. The van der Waals surface area contributed by atoms with Gasteiger partial charge in [-0.1, -0.05) is 18.2 Å². The van der Waals surface area contributed by atoms with Crippen LogP contribution >= 0.6 is 0 Å². The fourth-order valence-corrected chi connectivity index (χ4v) is 1.45. The third-order valence-electron chi connectivity index (χ3n) is 2.41. The number of carbonyl (C=O) groups is 1. The van der Waals surface area contributed by atoms with Crippen molar-refractivity contribution in [2.24, 2.45) is 0 Å². The van der Waals surface area contributed by atoms with Crippen LogP contribution in [0.1, 0.15) is 10.4 Å². The quantitative estimate of drug-likeness (QED) is 0.611. The summed E-state index contributed by atoms with van der Waals surface area (Å²) in [5, 5.41) is 0. The highest BCUT2D eigenvalue weighted by molar-refractivity contribution is 5.92. The SMILES string of the molecule is O=C(NOCCOc1ccccc1)c1ccc(=O)[nH]c1. The Bertz CT molecular complexity index is 590. The number of ether oxygens (including phenoxy) is 1. The van der Waals surface area contributed by atoms with Crippen molar-refractivity contribution in [1.29, 1.82) is 0 Å². The Morgan fingerprint density at radius 1 is 1.10 bits per heavy atom. The molecule has 0 aliphatic rings. The number of benzene rings is 1. The minimum absolute atomic E-state index is 0.212. The number of carbonyl (C=O) groups excluding carboxylic acids is 1. The molecule has 0 aliphatic heterocycles. The molecule has 0 spiro atoms. The van der Waals surface area contributed by atoms with Gasteiger partial charge in [-0.05, 0) is 18.2 Å². The van der Waals surface area contributed by atoms with E-state index in [0.717, 1.165) is 5.75 Å². The van der Waals surface area contributed by atoms with Crippen molar-refractivity contribution in [2.45, 2.75) is 0 Å². The molecule has 0 radical (unpaired) electrons. The van der Waals surface area contributed by atoms with Crippen molar-refractivity contribution >= 4 is 5.91 Å². The fraction of sp³-hybridized carbons (Fsp3) is 0.143. The summed E-state index contributed by atoms with van der Waals surface area (Å²) in [6, 6.07) is 12.0. The Morgan fingerprint density at radius 3 is 2.60 bits per heavy atom. The monoisotopic (exact) mass is 274 g/mol. The van der Waals surface area contributed by atoms with E-state index in [2.05, 4.69) is 10.5 Å². The van der Waals surface area contributed by atoms with Crippen molar-refractivity contribution in [3.05, 3.63) is 64.6 Å². The van der Waals surface area contributed by atoms with Crippen LogP contribution in [0.4, 0.5) is 0 Å². The van der Waals surface area contributed by atoms with Crippen LogP contribution in [-0.4, -0.2) is 24.1 Å². The summed E-state index contributed by atoms with van der Waals surface area (Å²) in [4.78, 5) is 29.8. The van der Waals surface area contributed by atoms with Gasteiger partial charge >= 0.3 is 0 Å². The molecule has 0 atom stereocenters. The molecule has 2 rings (SSSR count). The molecular weight excluding hydrogens is 260 g/mol. The molecule has 0 aliphatic carbocycles. The summed E-state index contributed by atoms with van der Waals surface area (Å²) in [5.74, 6) is 0.309. The second kappa shape index (κ2) is 7.10. The number of hydrogen-bond donors (Lipinski definition) is 2. The van der Waals surface area contributed by atoms with Crippen LogP contribution < -0.4 is 15.8 Å². The summed E-state index contributed by atoms with van der Waals surface area (Å²) in [7, 11) is 0. The minimum Gasteiger partial charge on any atom is -0.491 e. The van der Waals surface area contributed by atoms with E-state index in [1.54, 1.807) is 0 Å². The Labute approximate surface area is 115 Å². The van der Waals surface area contributed by atoms with Gasteiger partial charge in [-0.25, -0.2) is 5.48 Å². The average molecular weight is 274 g/mol. The average Bonchev–Trinajstić information content (AvgIpc) is 2.48. The molecule has 20 heavy (non-hydrogen) atoms. The van der Waals surface area contributed by atoms with E-state index in [4.69, 9.17) is 9.57 Å². The topological polar surface area (TPSA) is 80.4 Å². The van der Waals surface area contributed by atoms with Gasteiger partial charge in [0, 0.05) is 12.3 Å². The normalized spacial score (nSPS) is 10.0. The molecule has 1 aromatic heterocycles. The second-order valence-electron chi connectivity index (χ2n) is 3.88. The highest BCUT2D eigenvalue weighted by atomic mass is 16.7. The first kappa shape index (κ1) is 13.8. The molecule has 2 aromatic rings. The molecule has 0 saturated heterocycles. The van der Waals surface area contributed by atoms with E-state index in [1.807, 2.05) is 30.3 Å². The number of hydrogen-bond acceptors (Lipinski definition) is 4. The maximum absolute atomic E-state index is 11.6. The van der Waals surface area contributed by atoms with E-state index in [-0.39, 0.29) is 12.2 Å². The van der Waals surface area contributed by atoms with E-state index < -0.39 is 5.91 Å². The maximum atomic E-state index is 11.6. The lowest BCUT2D eigenvalue weighted by molar-refractivity contribution is 0.0200. The number of para-hydroxylation sites is 1. The lowest BCUT2D eigenvalue weighted by atomic mass is 10.3. The zero-order valence-electron chi connectivity index (χ0n) is 10.7. The lowest BCUT2D eigenvalue weighted by Gasteiger charge is -2.07. The van der Waals surface area contributed by atoms with Gasteiger partial charge in [0.1, 0.15) is 19.0 Å². The van der Waals surface area contributed by atoms with Crippen molar-refractivity contribution in [3.8, 4) is 5.75 Å². The van der Waals surface area contributed by atoms with Gasteiger partial charge in [-0.3, -0.25) is 14.4 Å². The summed E-state index contributed by atoms with van der Waals surface area (Å²) in [6.45, 7) is 0.528. The predicted octanol–water partition coefficient (Wildman–Crippen LogP) is 1.12. The van der Waals surface area contributed by atoms with E-state index in [1.165, 1.54) is 18.3 Å². The first-order valence-corrected chi connectivity index (χ1v) is 6.04. The molecule has 0 bridgehead atoms. The number of aromatic amines is 1. The second-order valence-corrected chi connectivity index (χ2v) is 3.88. The number of aromatic nitrogens is 1. The van der Waals surface area contributed by atoms with Crippen molar-refractivity contribution in [3.63, 3.8) is 0 Å². The number of amides is 1. The van der Waals surface area contributed by atoms with Gasteiger partial charge in [0.25, 0.3) is 5.91 Å². The van der Waals surface area contributed by atoms with Gasteiger partial charge in [0.2, 0.25) is 5.56 Å². The lowest BCUT2D eigenvalue weighted by Crippen LogP contribution is -2.26. The first-order valence-electron chi connectivity index (χ1n) is 6.04. The van der Waals surface area contributed by atoms with Gasteiger partial charge in [-0.15, -0.1) is 0 Å². The number of hydroxylamine groups is 1. The molecular formula is C14H14N2O4. The van der Waals surface area contributed by atoms with Gasteiger partial charge < -0.3 is 9.72 Å². The Hall–Kier alpha value is -2.60. The zero-order valence-corrected chi connectivity index (χ0v) is 10.7. The summed E-state index contributed by atoms with van der Waals surface area (Å²) in [5.41, 5.74) is 2.31. The molecule has 2 N–H and O–H groups in total. The van der Waals surface area contributed by atoms with Crippen molar-refractivity contribution in [1.82, 2.24) is 10.5 Å². The third-order valence-corrected chi connectivity index (χ3v) is 2.41. The standard InChI is InChI=1S/C14H14N2O4/c17-13-7-6-11(10-15-13)14(18)16-20-9-8-19-12-4-2-1-3-5-12/h1-7,10H,8-9H2,(H,15,17)(H,16,18). The van der Waals surface area contributed by atoms with Gasteiger partial charge in [-0.2, -0.15) is 0 Å². The van der Waals surface area contributed by atoms with Crippen LogP contribution in [-0.2, 0) is 4.84 Å². The number of rotatable bonds is 6. The largest absolute Gasteiger partial charge is 0.491 e. The van der Waals surface area contributed by atoms with E-state index >= 15 is 0 Å². The third kappa shape index (κ3) is 4.25. The Kier molecular flexibility index (Phi) is 4.91. The number of nitrogens with one attached hydrogen (secondary N) is 2. The van der Waals surface area contributed by atoms with Crippen LogP contribution in [0.3, 0.4) is 0 Å². The molecule has 1 heterocycles. The van der Waals surface area contributed by atoms with Gasteiger partial charge in [0.15, 0.2) is 0 Å². The van der Waals surface area contributed by atoms with Crippen LogP contribution in [0.5, 0.6) is 5.75 Å². The van der Waals surface area contributed by atoms with Crippen LogP contribution in [0.15, 0.2) is 53.5 Å². The summed E-state index contributed by atoms with van der Waals surface area (Å²) < 4.78 is 5.39. The highest BCUT2D eigenvalue weighted by Gasteiger charge is 2.04. The highest BCUT2D eigenvalue weighted by Crippen LogP contribution is 2.07. The van der Waals surface area contributed by atoms with Gasteiger partial charge in [0.05, 0.1) is 5.56 Å². The van der Waals surface area contributed by atoms with E-state index in [9.17, 15) is 9.59 Å². The first-order chi connectivity index (χ1) is 9.75. The van der Waals surface area contributed by atoms with E-state index in [0.29, 0.717) is 12.2 Å². The van der Waals surface area contributed by atoms with Crippen LogP contribution in [0, 0.1) is 0 Å². The predicted molar refractivity (Wildman–Crippen MR) is 72.4 cm³/mol. The molecule has 1 amide bonds. The van der Waals surface area contributed by atoms with Crippen molar-refractivity contribution < 1.29 is 14.4 Å². The summed E-state index contributed by atoms with van der Waals surface area (Å²) in [6.07, 6.45) is 1.32. The molecule has 6 heteroatoms. The molecule has 0 fully saturated rings. The molecule has 104 valence electrons. The van der Waals surface area contributed by atoms with Crippen molar-refractivity contribution in [2.75, 3.05) is 13.2 Å². The van der Waals surface area contributed by atoms with Crippen LogP contribution in [0.25, 0.3) is 0 Å². The zero-order chi connectivity index (χ0) is 14.2. The number of H-pyrrole nitrogens is 1. The fourth-order valence-electron chi connectivity index (χ4n) is 1.45. The smallest absolute Gasteiger partial charge is 0.276 e. The summed E-state index contributed by atoms with van der Waals surface area (Å²) >= 11 is 0. The number of pyridine rings is 1. The molecule has 1 aromatic carbocycles. The Morgan fingerprint density at radius 2 is 1.90 bits per heavy atom.